The average molecular weight is 244 g/mol. The van der Waals surface area contributed by atoms with Crippen LogP contribution in [-0.2, 0) is 10.0 Å². The molecule has 0 aliphatic carbocycles. The van der Waals surface area contributed by atoms with Gasteiger partial charge in [-0.15, -0.1) is 0 Å². The molecule has 0 unspecified atom stereocenters. The molecule has 0 amide bonds. The van der Waals surface area contributed by atoms with Crippen molar-refractivity contribution in [3.05, 3.63) is 33.4 Å². The molecule has 0 radical (unpaired) electrons. The van der Waals surface area contributed by atoms with E-state index in [9.17, 15) is 23.3 Å². The smallest absolute Gasteiger partial charge is 0.281 e. The normalized spacial score (nSPS) is 11.1. The lowest BCUT2D eigenvalue weighted by atomic mass is 10.1. The van der Waals surface area contributed by atoms with Gasteiger partial charge in [0, 0.05) is 6.07 Å². The molecule has 7 nitrogen and oxygen atoms in total. The number of nitrogens with two attached hydrogens (primary N) is 1. The number of hydrogen-bond acceptors (Lipinski definition) is 5. The van der Waals surface area contributed by atoms with Gasteiger partial charge in [-0.25, -0.2) is 13.6 Å². The van der Waals surface area contributed by atoms with E-state index < -0.39 is 31.1 Å². The van der Waals surface area contributed by atoms with Crippen molar-refractivity contribution in [3.8, 4) is 0 Å². The first-order valence-corrected chi connectivity index (χ1v) is 5.59. The van der Waals surface area contributed by atoms with Crippen LogP contribution in [0.25, 0.3) is 0 Å². The summed E-state index contributed by atoms with van der Waals surface area (Å²) in [6.07, 6.45) is 0.116. The zero-order chi connectivity index (χ0) is 12.5. The number of carbonyl (C=O) groups excluding carboxylic acids is 1. The van der Waals surface area contributed by atoms with E-state index in [-0.39, 0.29) is 11.8 Å². The molecule has 0 aliphatic heterocycles. The summed E-state index contributed by atoms with van der Waals surface area (Å²) < 4.78 is 22.4. The minimum Gasteiger partial charge on any atom is -0.298 e. The maximum absolute atomic E-state index is 11.2. The largest absolute Gasteiger partial charge is 0.298 e. The summed E-state index contributed by atoms with van der Waals surface area (Å²) in [6.45, 7) is 1.40. The molecular formula is C8H8N2O5S. The Morgan fingerprint density at radius 1 is 1.44 bits per heavy atom. The van der Waals surface area contributed by atoms with Gasteiger partial charge in [-0.2, -0.15) is 0 Å². The molecule has 0 aromatic heterocycles. The Bertz CT molecular complexity index is 564. The van der Waals surface area contributed by atoms with E-state index in [0.29, 0.717) is 0 Å². The molecule has 1 rings (SSSR count). The Hall–Kier alpha value is -1.80. The fourth-order valence-corrected chi connectivity index (χ4v) is 2.32. The highest BCUT2D eigenvalue weighted by molar-refractivity contribution is 7.89. The van der Waals surface area contributed by atoms with Crippen molar-refractivity contribution >= 4 is 22.0 Å². The van der Waals surface area contributed by atoms with Crippen LogP contribution in [0.15, 0.2) is 17.0 Å². The summed E-state index contributed by atoms with van der Waals surface area (Å²) in [5, 5.41) is 15.5. The lowest BCUT2D eigenvalue weighted by molar-refractivity contribution is -0.385. The molecule has 0 saturated carbocycles. The van der Waals surface area contributed by atoms with Gasteiger partial charge in [0.2, 0.25) is 10.0 Å². The van der Waals surface area contributed by atoms with Crippen LogP contribution in [0.4, 0.5) is 5.69 Å². The number of benzene rings is 1. The van der Waals surface area contributed by atoms with E-state index in [2.05, 4.69) is 0 Å². The molecule has 0 atom stereocenters. The average Bonchev–Trinajstić information content (AvgIpc) is 2.14. The van der Waals surface area contributed by atoms with E-state index in [4.69, 9.17) is 5.14 Å². The van der Waals surface area contributed by atoms with Gasteiger partial charge >= 0.3 is 0 Å². The maximum Gasteiger partial charge on any atom is 0.281 e. The summed E-state index contributed by atoms with van der Waals surface area (Å²) in [4.78, 5) is 20.0. The van der Waals surface area contributed by atoms with Gasteiger partial charge in [0.15, 0.2) is 6.29 Å². The fourth-order valence-electron chi connectivity index (χ4n) is 1.35. The number of sulfonamides is 1. The SMILES string of the molecule is Cc1ccc([N+](=O)[O-])c(C=O)c1S(N)(=O)=O. The van der Waals surface area contributed by atoms with Crippen LogP contribution in [0.3, 0.4) is 0 Å². The molecule has 1 aromatic rings. The minimum atomic E-state index is -4.17. The van der Waals surface area contributed by atoms with Crippen LogP contribution in [0.5, 0.6) is 0 Å². The van der Waals surface area contributed by atoms with Crippen molar-refractivity contribution in [2.75, 3.05) is 0 Å². The van der Waals surface area contributed by atoms with Gasteiger partial charge in [-0.3, -0.25) is 14.9 Å². The lowest BCUT2D eigenvalue weighted by Crippen LogP contribution is -2.17. The topological polar surface area (TPSA) is 120 Å². The molecule has 16 heavy (non-hydrogen) atoms. The summed E-state index contributed by atoms with van der Waals surface area (Å²) in [5.41, 5.74) is -0.910. The second kappa shape index (κ2) is 3.99. The number of nitro groups is 1. The maximum atomic E-state index is 11.2. The third kappa shape index (κ3) is 2.07. The molecule has 0 spiro atoms. The zero-order valence-electron chi connectivity index (χ0n) is 8.21. The number of primary sulfonamides is 1. The number of nitro benzene ring substituents is 1. The second-order valence-electron chi connectivity index (χ2n) is 3.06. The molecule has 0 saturated heterocycles. The quantitative estimate of drug-likeness (QED) is 0.467. The van der Waals surface area contributed by atoms with Crippen LogP contribution in [-0.4, -0.2) is 19.6 Å². The standard InChI is InChI=1S/C8H8N2O5S/c1-5-2-3-7(10(12)13)6(4-11)8(5)16(9,14)15/h2-4H,1H3,(H2,9,14,15). The van der Waals surface area contributed by atoms with Gasteiger partial charge < -0.3 is 0 Å². The summed E-state index contributed by atoms with van der Waals surface area (Å²) in [5.74, 6) is 0. The number of nitrogens with zero attached hydrogens (tertiary/aromatic N) is 1. The predicted molar refractivity (Wildman–Crippen MR) is 54.6 cm³/mol. The van der Waals surface area contributed by atoms with E-state index in [0.717, 1.165) is 6.07 Å². The summed E-state index contributed by atoms with van der Waals surface area (Å²) in [6, 6.07) is 2.29. The van der Waals surface area contributed by atoms with E-state index in [1.807, 2.05) is 0 Å². The Morgan fingerprint density at radius 3 is 2.38 bits per heavy atom. The van der Waals surface area contributed by atoms with Crippen molar-refractivity contribution in [2.45, 2.75) is 11.8 Å². The first-order valence-electron chi connectivity index (χ1n) is 4.05. The van der Waals surface area contributed by atoms with Crippen molar-refractivity contribution < 1.29 is 18.1 Å². The van der Waals surface area contributed by atoms with Crippen LogP contribution in [0.1, 0.15) is 15.9 Å². The monoisotopic (exact) mass is 244 g/mol. The molecule has 0 bridgehead atoms. The molecular weight excluding hydrogens is 236 g/mol. The van der Waals surface area contributed by atoms with Gasteiger partial charge in [-0.05, 0) is 12.5 Å². The van der Waals surface area contributed by atoms with Crippen molar-refractivity contribution in [2.24, 2.45) is 5.14 Å². The Labute approximate surface area is 91.1 Å². The van der Waals surface area contributed by atoms with Crippen molar-refractivity contribution in [1.82, 2.24) is 0 Å². The Morgan fingerprint density at radius 2 is 2.00 bits per heavy atom. The number of carbonyl (C=O) groups is 1. The first kappa shape index (κ1) is 12.3. The Kier molecular flexibility index (Phi) is 3.06. The number of rotatable bonds is 3. The van der Waals surface area contributed by atoms with E-state index >= 15 is 0 Å². The highest BCUT2D eigenvalue weighted by Crippen LogP contribution is 2.26. The molecule has 2 N–H and O–H groups in total. The third-order valence-electron chi connectivity index (χ3n) is 1.97. The molecule has 0 heterocycles. The number of aryl methyl sites for hydroxylation is 1. The van der Waals surface area contributed by atoms with Crippen molar-refractivity contribution in [1.29, 1.82) is 0 Å². The van der Waals surface area contributed by atoms with Crippen LogP contribution in [0.2, 0.25) is 0 Å². The van der Waals surface area contributed by atoms with Gasteiger partial charge in [-0.1, -0.05) is 6.07 Å². The fraction of sp³-hybridized carbons (Fsp3) is 0.125. The second-order valence-corrected chi connectivity index (χ2v) is 4.56. The molecule has 0 fully saturated rings. The molecule has 86 valence electrons. The molecule has 8 heteroatoms. The first-order chi connectivity index (χ1) is 7.29. The lowest BCUT2D eigenvalue weighted by Gasteiger charge is -2.06. The molecule has 0 aliphatic rings. The zero-order valence-corrected chi connectivity index (χ0v) is 9.02. The highest BCUT2D eigenvalue weighted by Gasteiger charge is 2.25. The minimum absolute atomic E-state index is 0.116. The Balaban J connectivity index is 3.78. The van der Waals surface area contributed by atoms with E-state index in [1.54, 1.807) is 0 Å². The van der Waals surface area contributed by atoms with Gasteiger partial charge in [0.25, 0.3) is 5.69 Å². The third-order valence-corrected chi connectivity index (χ3v) is 3.08. The molecule has 1 aromatic carbocycles. The van der Waals surface area contributed by atoms with Crippen LogP contribution < -0.4 is 5.14 Å². The van der Waals surface area contributed by atoms with Gasteiger partial charge in [0.1, 0.15) is 10.5 Å². The van der Waals surface area contributed by atoms with Crippen LogP contribution in [0, 0.1) is 17.0 Å². The van der Waals surface area contributed by atoms with Gasteiger partial charge in [0.05, 0.1) is 4.92 Å². The predicted octanol–water partition coefficient (Wildman–Crippen LogP) is 0.363. The highest BCUT2D eigenvalue weighted by atomic mass is 32.2. The summed E-state index contributed by atoms with van der Waals surface area (Å²) >= 11 is 0. The van der Waals surface area contributed by atoms with E-state index in [1.165, 1.54) is 13.0 Å². The number of aldehydes is 1. The van der Waals surface area contributed by atoms with Crippen molar-refractivity contribution in [3.63, 3.8) is 0 Å². The summed E-state index contributed by atoms with van der Waals surface area (Å²) in [7, 11) is -4.17. The number of hydrogen-bond donors (Lipinski definition) is 1. The van der Waals surface area contributed by atoms with Crippen LogP contribution >= 0.6 is 0 Å².